The zero-order valence-electron chi connectivity index (χ0n) is 15.1. The molecule has 26 heavy (non-hydrogen) atoms. The molecule has 0 aliphatic rings. The molecule has 0 N–H and O–H groups in total. The van der Waals surface area contributed by atoms with Crippen LogP contribution in [0.25, 0.3) is 11.6 Å². The summed E-state index contributed by atoms with van der Waals surface area (Å²) in [5.41, 5.74) is 4.67. The highest BCUT2D eigenvalue weighted by atomic mass is 16.6. The predicted molar refractivity (Wildman–Crippen MR) is 103 cm³/mol. The van der Waals surface area contributed by atoms with Crippen molar-refractivity contribution in [1.82, 2.24) is 4.40 Å². The predicted octanol–water partition coefficient (Wildman–Crippen LogP) is 4.31. The van der Waals surface area contributed by atoms with E-state index < -0.39 is 0 Å². The molecule has 4 heteroatoms. The Morgan fingerprint density at radius 1 is 1.15 bits per heavy atom. The van der Waals surface area contributed by atoms with Gasteiger partial charge in [0.1, 0.15) is 5.75 Å². The summed E-state index contributed by atoms with van der Waals surface area (Å²) in [6.07, 6.45) is 8.11. The van der Waals surface area contributed by atoms with Gasteiger partial charge in [0, 0.05) is 18.3 Å². The van der Waals surface area contributed by atoms with Gasteiger partial charge in [0.05, 0.1) is 12.6 Å². The molecule has 2 aromatic heterocycles. The number of esters is 1. The number of fused-ring (bicyclic) bond motifs is 1. The molecule has 4 nitrogen and oxygen atoms in total. The van der Waals surface area contributed by atoms with Crippen LogP contribution in [0.15, 0.2) is 60.8 Å². The van der Waals surface area contributed by atoms with Crippen molar-refractivity contribution >= 4 is 17.6 Å². The summed E-state index contributed by atoms with van der Waals surface area (Å²) in [6.45, 7) is 2.06. The van der Waals surface area contributed by atoms with E-state index in [1.165, 1.54) is 23.9 Å². The fourth-order valence-electron chi connectivity index (χ4n) is 3.00. The summed E-state index contributed by atoms with van der Waals surface area (Å²) < 4.78 is 12.4. The van der Waals surface area contributed by atoms with Crippen molar-refractivity contribution in [3.63, 3.8) is 0 Å². The van der Waals surface area contributed by atoms with E-state index in [4.69, 9.17) is 4.74 Å². The van der Waals surface area contributed by atoms with Crippen molar-refractivity contribution in [3.8, 4) is 5.75 Å². The largest absolute Gasteiger partial charge is 0.480 e. The number of hydrogen-bond acceptors (Lipinski definition) is 3. The van der Waals surface area contributed by atoms with Crippen LogP contribution in [0.3, 0.4) is 0 Å². The molecule has 0 saturated heterocycles. The molecule has 0 aliphatic carbocycles. The second-order valence-corrected chi connectivity index (χ2v) is 5.98. The molecule has 0 spiro atoms. The number of hydrogen-bond donors (Lipinski definition) is 0. The Bertz CT molecular complexity index is 910. The van der Waals surface area contributed by atoms with Crippen LogP contribution >= 0.6 is 0 Å². The third kappa shape index (κ3) is 3.97. The minimum absolute atomic E-state index is 0.0912. The maximum atomic E-state index is 11.4. The molecule has 3 aromatic rings. The first-order valence-corrected chi connectivity index (χ1v) is 8.76. The second kappa shape index (κ2) is 8.39. The van der Waals surface area contributed by atoms with Crippen LogP contribution in [-0.2, 0) is 22.4 Å². The number of pyridine rings is 1. The molecular formula is C22H23NO3. The van der Waals surface area contributed by atoms with Crippen LogP contribution in [0.4, 0.5) is 0 Å². The van der Waals surface area contributed by atoms with Gasteiger partial charge in [-0.15, -0.1) is 0 Å². The topological polar surface area (TPSA) is 39.9 Å². The van der Waals surface area contributed by atoms with Gasteiger partial charge in [-0.05, 0) is 35.7 Å². The van der Waals surface area contributed by atoms with Gasteiger partial charge in [-0.2, -0.15) is 0 Å². The molecule has 0 fully saturated rings. The molecule has 0 unspecified atom stereocenters. The van der Waals surface area contributed by atoms with Crippen LogP contribution < -0.4 is 4.74 Å². The Morgan fingerprint density at radius 3 is 2.69 bits per heavy atom. The molecule has 0 atom stereocenters. The van der Waals surface area contributed by atoms with E-state index in [0.29, 0.717) is 5.75 Å². The van der Waals surface area contributed by atoms with E-state index in [-0.39, 0.29) is 12.6 Å². The molecule has 0 aliphatic heterocycles. The van der Waals surface area contributed by atoms with Crippen molar-refractivity contribution in [1.29, 1.82) is 0 Å². The first-order valence-electron chi connectivity index (χ1n) is 8.76. The lowest BCUT2D eigenvalue weighted by atomic mass is 10.1. The standard InChI is InChI=1S/C22H23NO3/c1-3-18-15-20-21(26-16-22(24)25-2)13-8-14-23(20)19(18)12-7-11-17-9-5-4-6-10-17/h4-11,13-15H,3,12,16H2,1-2H3. The van der Waals surface area contributed by atoms with Crippen LogP contribution in [0, 0.1) is 0 Å². The van der Waals surface area contributed by atoms with Gasteiger partial charge in [-0.1, -0.05) is 49.4 Å². The van der Waals surface area contributed by atoms with Gasteiger partial charge in [0.2, 0.25) is 0 Å². The molecule has 0 saturated carbocycles. The number of allylic oxidation sites excluding steroid dienone is 1. The molecule has 134 valence electrons. The minimum atomic E-state index is -0.389. The van der Waals surface area contributed by atoms with Crippen LogP contribution in [0.5, 0.6) is 5.75 Å². The first-order chi connectivity index (χ1) is 12.7. The number of aromatic nitrogens is 1. The number of benzene rings is 1. The fourth-order valence-corrected chi connectivity index (χ4v) is 3.00. The van der Waals surface area contributed by atoms with Crippen molar-refractivity contribution in [2.24, 2.45) is 0 Å². The Labute approximate surface area is 153 Å². The van der Waals surface area contributed by atoms with E-state index in [0.717, 1.165) is 18.4 Å². The normalized spacial score (nSPS) is 11.2. The first kappa shape index (κ1) is 17.8. The fraction of sp³-hybridized carbons (Fsp3) is 0.227. The summed E-state index contributed by atoms with van der Waals surface area (Å²) in [6, 6.07) is 16.2. The molecule has 0 bridgehead atoms. The van der Waals surface area contributed by atoms with Crippen molar-refractivity contribution in [2.45, 2.75) is 19.8 Å². The van der Waals surface area contributed by atoms with Crippen LogP contribution in [0.1, 0.15) is 23.7 Å². The van der Waals surface area contributed by atoms with Crippen molar-refractivity contribution < 1.29 is 14.3 Å². The average Bonchev–Trinajstić information content (AvgIpc) is 3.05. The van der Waals surface area contributed by atoms with Gasteiger partial charge >= 0.3 is 5.97 Å². The van der Waals surface area contributed by atoms with Gasteiger partial charge in [-0.3, -0.25) is 0 Å². The van der Waals surface area contributed by atoms with E-state index in [1.54, 1.807) is 0 Å². The van der Waals surface area contributed by atoms with Crippen LogP contribution in [0.2, 0.25) is 0 Å². The Kier molecular flexibility index (Phi) is 5.74. The summed E-state index contributed by atoms with van der Waals surface area (Å²) in [7, 11) is 1.36. The van der Waals surface area contributed by atoms with E-state index in [1.807, 2.05) is 36.5 Å². The lowest BCUT2D eigenvalue weighted by molar-refractivity contribution is -0.142. The molecule has 3 rings (SSSR count). The number of methoxy groups -OCH3 is 1. The Hall–Kier alpha value is -3.01. The maximum absolute atomic E-state index is 11.4. The lowest BCUT2D eigenvalue weighted by Crippen LogP contribution is -2.12. The summed E-state index contributed by atoms with van der Waals surface area (Å²) >= 11 is 0. The highest BCUT2D eigenvalue weighted by Crippen LogP contribution is 2.26. The molecular weight excluding hydrogens is 326 g/mol. The summed E-state index contributed by atoms with van der Waals surface area (Å²) in [5, 5.41) is 0. The van der Waals surface area contributed by atoms with Gasteiger partial charge in [0.15, 0.2) is 6.61 Å². The third-order valence-corrected chi connectivity index (χ3v) is 4.34. The monoisotopic (exact) mass is 349 g/mol. The van der Waals surface area contributed by atoms with Gasteiger partial charge in [0.25, 0.3) is 0 Å². The number of carbonyl (C=O) groups excluding carboxylic acids is 1. The number of carbonyl (C=O) groups is 1. The molecule has 0 amide bonds. The number of ether oxygens (including phenoxy) is 2. The minimum Gasteiger partial charge on any atom is -0.480 e. The second-order valence-electron chi connectivity index (χ2n) is 5.98. The zero-order valence-corrected chi connectivity index (χ0v) is 15.1. The average molecular weight is 349 g/mol. The maximum Gasteiger partial charge on any atom is 0.343 e. The van der Waals surface area contributed by atoms with Gasteiger partial charge in [-0.25, -0.2) is 4.79 Å². The molecule has 1 aromatic carbocycles. The number of nitrogens with zero attached hydrogens (tertiary/aromatic N) is 1. The van der Waals surface area contributed by atoms with E-state index in [2.05, 4.69) is 46.4 Å². The van der Waals surface area contributed by atoms with Crippen LogP contribution in [-0.4, -0.2) is 24.1 Å². The highest BCUT2D eigenvalue weighted by Gasteiger charge is 2.12. The smallest absolute Gasteiger partial charge is 0.343 e. The number of rotatable bonds is 7. The quantitative estimate of drug-likeness (QED) is 0.597. The molecule has 2 heterocycles. The summed E-state index contributed by atoms with van der Waals surface area (Å²) in [5.74, 6) is 0.297. The summed E-state index contributed by atoms with van der Waals surface area (Å²) in [4.78, 5) is 11.4. The molecule has 0 radical (unpaired) electrons. The van der Waals surface area contributed by atoms with E-state index in [9.17, 15) is 4.79 Å². The SMILES string of the molecule is CCc1cc2c(OCC(=O)OC)cccn2c1CC=Cc1ccccc1. The van der Waals surface area contributed by atoms with Gasteiger partial charge < -0.3 is 13.9 Å². The lowest BCUT2D eigenvalue weighted by Gasteiger charge is -2.08. The Balaban J connectivity index is 1.87. The van der Waals surface area contributed by atoms with E-state index >= 15 is 0 Å². The van der Waals surface area contributed by atoms with Crippen molar-refractivity contribution in [2.75, 3.05) is 13.7 Å². The number of aryl methyl sites for hydroxylation is 1. The van der Waals surface area contributed by atoms with Crippen molar-refractivity contribution in [3.05, 3.63) is 77.6 Å². The zero-order chi connectivity index (χ0) is 18.4. The highest BCUT2D eigenvalue weighted by molar-refractivity contribution is 5.72. The third-order valence-electron chi connectivity index (χ3n) is 4.34. The Morgan fingerprint density at radius 2 is 1.96 bits per heavy atom.